The van der Waals surface area contributed by atoms with E-state index in [0.717, 1.165) is 17.9 Å². The summed E-state index contributed by atoms with van der Waals surface area (Å²) < 4.78 is 5.17. The van der Waals surface area contributed by atoms with Crippen LogP contribution in [0.15, 0.2) is 84.9 Å². The number of amides is 1. The molecule has 0 radical (unpaired) electrons. The Morgan fingerprint density at radius 2 is 1.42 bits per heavy atom. The van der Waals surface area contributed by atoms with Crippen LogP contribution >= 0.6 is 0 Å². The van der Waals surface area contributed by atoms with Crippen LogP contribution in [-0.2, 0) is 10.2 Å². The van der Waals surface area contributed by atoms with Crippen LogP contribution in [-0.4, -0.2) is 13.0 Å². The third kappa shape index (κ3) is 2.86. The highest BCUT2D eigenvalue weighted by Gasteiger charge is 2.60. The van der Waals surface area contributed by atoms with Crippen molar-refractivity contribution in [1.29, 1.82) is 0 Å². The number of hydrogen-bond acceptors (Lipinski definition) is 2. The van der Waals surface area contributed by atoms with Crippen LogP contribution in [0.5, 0.6) is 5.75 Å². The summed E-state index contributed by atoms with van der Waals surface area (Å²) in [6.45, 7) is 0. The third-order valence-electron chi connectivity index (χ3n) is 5.21. The van der Waals surface area contributed by atoms with E-state index in [-0.39, 0.29) is 17.2 Å². The van der Waals surface area contributed by atoms with Gasteiger partial charge in [0.05, 0.1) is 13.0 Å². The number of ether oxygens (including phenoxy) is 1. The highest BCUT2D eigenvalue weighted by atomic mass is 16.5. The van der Waals surface area contributed by atoms with Crippen molar-refractivity contribution >= 4 is 11.6 Å². The maximum atomic E-state index is 12.9. The Morgan fingerprint density at radius 1 is 0.885 bits per heavy atom. The zero-order valence-electron chi connectivity index (χ0n) is 14.7. The summed E-state index contributed by atoms with van der Waals surface area (Å²) in [5.41, 5.74) is 2.94. The van der Waals surface area contributed by atoms with Gasteiger partial charge in [-0.2, -0.15) is 0 Å². The lowest BCUT2D eigenvalue weighted by Crippen LogP contribution is -2.22. The highest BCUT2D eigenvalue weighted by molar-refractivity contribution is 5.97. The molecule has 1 fully saturated rings. The van der Waals surface area contributed by atoms with Gasteiger partial charge in [0, 0.05) is 11.1 Å². The zero-order chi connectivity index (χ0) is 18.0. The van der Waals surface area contributed by atoms with Gasteiger partial charge in [-0.3, -0.25) is 4.79 Å². The van der Waals surface area contributed by atoms with Crippen molar-refractivity contribution in [1.82, 2.24) is 0 Å². The van der Waals surface area contributed by atoms with Gasteiger partial charge in [0.25, 0.3) is 0 Å². The molecule has 4 rings (SSSR count). The van der Waals surface area contributed by atoms with Crippen molar-refractivity contribution in [2.45, 2.75) is 11.8 Å². The topological polar surface area (TPSA) is 38.3 Å². The van der Waals surface area contributed by atoms with E-state index in [4.69, 9.17) is 4.74 Å². The van der Waals surface area contributed by atoms with Crippen LogP contribution < -0.4 is 10.1 Å². The van der Waals surface area contributed by atoms with E-state index in [1.807, 2.05) is 60.7 Å². The first kappa shape index (κ1) is 16.4. The van der Waals surface area contributed by atoms with Gasteiger partial charge in [-0.05, 0) is 41.8 Å². The van der Waals surface area contributed by atoms with Gasteiger partial charge in [-0.1, -0.05) is 60.7 Å². The van der Waals surface area contributed by atoms with Gasteiger partial charge in [-0.15, -0.1) is 0 Å². The summed E-state index contributed by atoms with van der Waals surface area (Å²) in [7, 11) is 1.63. The number of benzene rings is 3. The average Bonchev–Trinajstić information content (AvgIpc) is 3.47. The smallest absolute Gasteiger partial charge is 0.228 e. The second kappa shape index (κ2) is 6.68. The molecule has 3 aromatic carbocycles. The lowest BCUT2D eigenvalue weighted by molar-refractivity contribution is -0.117. The standard InChI is InChI=1S/C23H21NO2/c1-26-20-14-12-19(13-15-20)24-22(25)21-16-23(21,17-8-4-2-5-9-17)18-10-6-3-7-11-18/h2-15,21H,16H2,1H3,(H,24,25)/t21-/m0/s1. The Hall–Kier alpha value is -3.07. The Bertz CT molecular complexity index is 849. The molecule has 0 spiro atoms. The zero-order valence-corrected chi connectivity index (χ0v) is 14.7. The fourth-order valence-electron chi connectivity index (χ4n) is 3.76. The van der Waals surface area contributed by atoms with Crippen molar-refractivity contribution in [2.24, 2.45) is 5.92 Å². The molecular weight excluding hydrogens is 322 g/mol. The Labute approximate surface area is 153 Å². The molecule has 0 aromatic heterocycles. The summed E-state index contributed by atoms with van der Waals surface area (Å²) in [5, 5.41) is 3.05. The summed E-state index contributed by atoms with van der Waals surface area (Å²) in [6.07, 6.45) is 0.822. The number of anilines is 1. The largest absolute Gasteiger partial charge is 0.497 e. The van der Waals surface area contributed by atoms with Crippen LogP contribution in [0.25, 0.3) is 0 Å². The van der Waals surface area contributed by atoms with Gasteiger partial charge in [0.15, 0.2) is 0 Å². The van der Waals surface area contributed by atoms with Crippen LogP contribution in [0, 0.1) is 5.92 Å². The summed E-state index contributed by atoms with van der Waals surface area (Å²) in [6, 6.07) is 28.1. The molecule has 0 unspecified atom stereocenters. The average molecular weight is 343 g/mol. The molecule has 0 saturated heterocycles. The van der Waals surface area contributed by atoms with Crippen molar-refractivity contribution in [3.05, 3.63) is 96.1 Å². The molecule has 0 aliphatic heterocycles. The molecule has 3 aromatic rings. The molecular formula is C23H21NO2. The van der Waals surface area contributed by atoms with E-state index in [9.17, 15) is 4.79 Å². The summed E-state index contributed by atoms with van der Waals surface area (Å²) in [5.74, 6) is 0.759. The second-order valence-corrected chi connectivity index (χ2v) is 6.68. The summed E-state index contributed by atoms with van der Waals surface area (Å²) >= 11 is 0. The predicted octanol–water partition coefficient (Wildman–Crippen LogP) is 4.64. The number of carbonyl (C=O) groups is 1. The molecule has 1 saturated carbocycles. The number of nitrogens with one attached hydrogen (secondary N) is 1. The van der Waals surface area contributed by atoms with E-state index < -0.39 is 0 Å². The van der Waals surface area contributed by atoms with Crippen LogP contribution in [0.1, 0.15) is 17.5 Å². The van der Waals surface area contributed by atoms with E-state index in [1.165, 1.54) is 11.1 Å². The van der Waals surface area contributed by atoms with Crippen LogP contribution in [0.4, 0.5) is 5.69 Å². The molecule has 26 heavy (non-hydrogen) atoms. The van der Waals surface area contributed by atoms with Crippen molar-refractivity contribution < 1.29 is 9.53 Å². The molecule has 3 heteroatoms. The Kier molecular flexibility index (Phi) is 4.21. The third-order valence-corrected chi connectivity index (χ3v) is 5.21. The molecule has 1 amide bonds. The van der Waals surface area contributed by atoms with Crippen LogP contribution in [0.2, 0.25) is 0 Å². The Morgan fingerprint density at radius 3 is 1.92 bits per heavy atom. The molecule has 0 bridgehead atoms. The van der Waals surface area contributed by atoms with E-state index in [1.54, 1.807) is 7.11 Å². The lowest BCUT2D eigenvalue weighted by Gasteiger charge is -2.19. The minimum atomic E-state index is -0.237. The van der Waals surface area contributed by atoms with Gasteiger partial charge in [0.2, 0.25) is 5.91 Å². The molecule has 130 valence electrons. The SMILES string of the molecule is COc1ccc(NC(=O)[C@@H]2CC2(c2ccccc2)c2ccccc2)cc1. The van der Waals surface area contributed by atoms with E-state index >= 15 is 0 Å². The molecule has 1 atom stereocenters. The second-order valence-electron chi connectivity index (χ2n) is 6.68. The highest BCUT2D eigenvalue weighted by Crippen LogP contribution is 2.59. The quantitative estimate of drug-likeness (QED) is 0.733. The minimum absolute atomic E-state index is 0.0582. The lowest BCUT2D eigenvalue weighted by atomic mass is 9.85. The monoisotopic (exact) mass is 343 g/mol. The van der Waals surface area contributed by atoms with Gasteiger partial charge >= 0.3 is 0 Å². The van der Waals surface area contributed by atoms with E-state index in [0.29, 0.717) is 0 Å². The molecule has 3 nitrogen and oxygen atoms in total. The van der Waals surface area contributed by atoms with Crippen molar-refractivity contribution in [3.8, 4) is 5.75 Å². The number of rotatable bonds is 5. The van der Waals surface area contributed by atoms with E-state index in [2.05, 4.69) is 29.6 Å². The number of hydrogen-bond donors (Lipinski definition) is 1. The number of methoxy groups -OCH3 is 1. The molecule has 1 aliphatic carbocycles. The van der Waals surface area contributed by atoms with Crippen LogP contribution in [0.3, 0.4) is 0 Å². The van der Waals surface area contributed by atoms with Gasteiger partial charge < -0.3 is 10.1 Å². The van der Waals surface area contributed by atoms with Gasteiger partial charge in [-0.25, -0.2) is 0 Å². The fraction of sp³-hybridized carbons (Fsp3) is 0.174. The molecule has 1 N–H and O–H groups in total. The maximum absolute atomic E-state index is 12.9. The van der Waals surface area contributed by atoms with Crippen molar-refractivity contribution in [2.75, 3.05) is 12.4 Å². The predicted molar refractivity (Wildman–Crippen MR) is 103 cm³/mol. The normalized spacial score (nSPS) is 17.3. The fourth-order valence-corrected chi connectivity index (χ4v) is 3.76. The first-order valence-corrected chi connectivity index (χ1v) is 8.80. The number of carbonyl (C=O) groups excluding carboxylic acids is 1. The molecule has 1 aliphatic rings. The first-order valence-electron chi connectivity index (χ1n) is 8.80. The Balaban J connectivity index is 1.61. The first-order chi connectivity index (χ1) is 12.7. The molecule has 0 heterocycles. The van der Waals surface area contributed by atoms with Crippen molar-refractivity contribution in [3.63, 3.8) is 0 Å². The maximum Gasteiger partial charge on any atom is 0.228 e. The summed E-state index contributed by atoms with van der Waals surface area (Å²) in [4.78, 5) is 12.9. The van der Waals surface area contributed by atoms with Gasteiger partial charge in [0.1, 0.15) is 5.75 Å². The minimum Gasteiger partial charge on any atom is -0.497 e.